The minimum absolute atomic E-state index is 0.0826. The minimum Gasteiger partial charge on any atom is -0.394 e. The summed E-state index contributed by atoms with van der Waals surface area (Å²) in [5.74, 6) is 0.313. The van der Waals surface area contributed by atoms with Crippen molar-refractivity contribution in [3.63, 3.8) is 0 Å². The molecule has 0 aliphatic carbocycles. The smallest absolute Gasteiger partial charge is 0.223 e. The molecule has 6 nitrogen and oxygen atoms in total. The number of carbonyl (C=O) groups excluding carboxylic acids is 1. The van der Waals surface area contributed by atoms with Crippen molar-refractivity contribution in [3.05, 3.63) is 0 Å². The average Bonchev–Trinajstić information content (AvgIpc) is 2.58. The predicted molar refractivity (Wildman–Crippen MR) is 95.1 cm³/mol. The Bertz CT molecular complexity index is 338. The number of nitrogens with zero attached hydrogens (tertiary/aromatic N) is 3. The fourth-order valence-electron chi connectivity index (χ4n) is 3.53. The molecule has 0 aromatic heterocycles. The second-order valence-electron chi connectivity index (χ2n) is 6.92. The van der Waals surface area contributed by atoms with Gasteiger partial charge in [-0.1, -0.05) is 19.3 Å². The first-order chi connectivity index (χ1) is 11.8. The Morgan fingerprint density at radius 2 is 1.42 bits per heavy atom. The Hall–Kier alpha value is -0.690. The predicted octanol–water partition coefficient (Wildman–Crippen LogP) is 0.796. The first-order valence-corrected chi connectivity index (χ1v) is 9.70. The van der Waals surface area contributed by atoms with Crippen LogP contribution in [0, 0.1) is 0 Å². The summed E-state index contributed by atoms with van der Waals surface area (Å²) in [6.07, 6.45) is 7.29. The largest absolute Gasteiger partial charge is 0.394 e. The number of ether oxygens (including phenoxy) is 1. The molecule has 0 spiro atoms. The molecule has 2 aliphatic rings. The normalized spacial score (nSPS) is 21.5. The quantitative estimate of drug-likeness (QED) is 0.662. The number of amides is 1. The van der Waals surface area contributed by atoms with Gasteiger partial charge >= 0.3 is 0 Å². The van der Waals surface area contributed by atoms with E-state index in [1.807, 2.05) is 4.90 Å². The van der Waals surface area contributed by atoms with E-state index >= 15 is 0 Å². The molecule has 1 amide bonds. The van der Waals surface area contributed by atoms with Crippen molar-refractivity contribution in [3.8, 4) is 0 Å². The third-order valence-electron chi connectivity index (χ3n) is 5.10. The van der Waals surface area contributed by atoms with Gasteiger partial charge in [0.1, 0.15) is 0 Å². The molecule has 0 unspecified atom stereocenters. The van der Waals surface area contributed by atoms with Gasteiger partial charge in [0.25, 0.3) is 0 Å². The minimum atomic E-state index is 0.0826. The van der Waals surface area contributed by atoms with Crippen LogP contribution in [-0.2, 0) is 9.53 Å². The summed E-state index contributed by atoms with van der Waals surface area (Å²) < 4.78 is 5.31. The lowest BCUT2D eigenvalue weighted by Gasteiger charge is -2.35. The first-order valence-electron chi connectivity index (χ1n) is 9.70. The summed E-state index contributed by atoms with van der Waals surface area (Å²) in [6, 6.07) is 0. The summed E-state index contributed by atoms with van der Waals surface area (Å²) in [6.45, 7) is 8.80. The van der Waals surface area contributed by atoms with Gasteiger partial charge < -0.3 is 19.6 Å². The van der Waals surface area contributed by atoms with Crippen LogP contribution in [0.15, 0.2) is 0 Å². The van der Waals surface area contributed by atoms with Crippen LogP contribution in [0.5, 0.6) is 0 Å². The Morgan fingerprint density at radius 1 is 0.792 bits per heavy atom. The highest BCUT2D eigenvalue weighted by molar-refractivity contribution is 5.76. The Morgan fingerprint density at radius 3 is 2.08 bits per heavy atom. The van der Waals surface area contributed by atoms with Crippen molar-refractivity contribution in [1.29, 1.82) is 0 Å². The van der Waals surface area contributed by atoms with E-state index in [1.165, 1.54) is 32.1 Å². The van der Waals surface area contributed by atoms with Gasteiger partial charge in [-0.3, -0.25) is 9.69 Å². The van der Waals surface area contributed by atoms with E-state index in [1.54, 1.807) is 0 Å². The van der Waals surface area contributed by atoms with E-state index in [-0.39, 0.29) is 6.61 Å². The van der Waals surface area contributed by atoms with Crippen LogP contribution in [0.4, 0.5) is 0 Å². The molecule has 0 bridgehead atoms. The van der Waals surface area contributed by atoms with Gasteiger partial charge in [-0.15, -0.1) is 0 Å². The molecule has 2 fully saturated rings. The van der Waals surface area contributed by atoms with Crippen molar-refractivity contribution < 1.29 is 14.6 Å². The van der Waals surface area contributed by atoms with E-state index in [0.717, 1.165) is 52.4 Å². The van der Waals surface area contributed by atoms with Gasteiger partial charge in [-0.2, -0.15) is 0 Å². The van der Waals surface area contributed by atoms with Crippen LogP contribution in [0.25, 0.3) is 0 Å². The molecule has 140 valence electrons. The van der Waals surface area contributed by atoms with Gasteiger partial charge in [-0.05, 0) is 25.9 Å². The highest BCUT2D eigenvalue weighted by atomic mass is 16.5. The summed E-state index contributed by atoms with van der Waals surface area (Å²) in [5, 5.41) is 8.69. The van der Waals surface area contributed by atoms with E-state index in [4.69, 9.17) is 9.84 Å². The highest BCUT2D eigenvalue weighted by Crippen LogP contribution is 2.11. The molecule has 2 heterocycles. The molecule has 24 heavy (non-hydrogen) atoms. The van der Waals surface area contributed by atoms with Crippen molar-refractivity contribution in [2.24, 2.45) is 0 Å². The summed E-state index contributed by atoms with van der Waals surface area (Å²) in [4.78, 5) is 19.3. The van der Waals surface area contributed by atoms with E-state index < -0.39 is 0 Å². The zero-order valence-corrected chi connectivity index (χ0v) is 15.1. The van der Waals surface area contributed by atoms with Crippen LogP contribution in [0.3, 0.4) is 0 Å². The fourth-order valence-corrected chi connectivity index (χ4v) is 3.53. The number of likely N-dealkylation sites (tertiary alicyclic amines) is 1. The van der Waals surface area contributed by atoms with Crippen LogP contribution >= 0.6 is 0 Å². The second kappa shape index (κ2) is 11.8. The maximum atomic E-state index is 12.4. The standard InChI is InChI=1S/C18H35N3O3/c22-15-17-24-16-14-20-10-12-21(13-11-20)18(23)6-9-19-7-4-2-1-3-5-8-19/h22H,1-17H2. The lowest BCUT2D eigenvalue weighted by molar-refractivity contribution is -0.133. The molecule has 0 aromatic carbocycles. The van der Waals surface area contributed by atoms with Crippen LogP contribution in [0.1, 0.15) is 38.5 Å². The summed E-state index contributed by atoms with van der Waals surface area (Å²) in [7, 11) is 0. The number of rotatable bonds is 8. The lowest BCUT2D eigenvalue weighted by Crippen LogP contribution is -2.49. The maximum absolute atomic E-state index is 12.4. The van der Waals surface area contributed by atoms with Crippen LogP contribution in [0.2, 0.25) is 0 Å². The average molecular weight is 341 g/mol. The SMILES string of the molecule is O=C(CCN1CCCCCCC1)N1CCN(CCOCCO)CC1. The number of carbonyl (C=O) groups is 1. The molecule has 6 heteroatoms. The Labute approximate surface area is 146 Å². The van der Waals surface area contributed by atoms with E-state index in [2.05, 4.69) is 9.80 Å². The fraction of sp³-hybridized carbons (Fsp3) is 0.944. The third-order valence-corrected chi connectivity index (χ3v) is 5.10. The number of aliphatic hydroxyl groups excluding tert-OH is 1. The molecule has 1 N–H and O–H groups in total. The van der Waals surface area contributed by atoms with Gasteiger partial charge in [0.05, 0.1) is 19.8 Å². The van der Waals surface area contributed by atoms with Crippen LogP contribution in [-0.4, -0.2) is 97.9 Å². The van der Waals surface area contributed by atoms with Gasteiger partial charge in [0, 0.05) is 45.7 Å². The molecular formula is C18H35N3O3. The molecule has 0 atom stereocenters. The summed E-state index contributed by atoms with van der Waals surface area (Å²) in [5.41, 5.74) is 0. The lowest BCUT2D eigenvalue weighted by atomic mass is 10.1. The number of aliphatic hydroxyl groups is 1. The van der Waals surface area contributed by atoms with Crippen molar-refractivity contribution in [1.82, 2.24) is 14.7 Å². The van der Waals surface area contributed by atoms with E-state index in [0.29, 0.717) is 25.5 Å². The van der Waals surface area contributed by atoms with Crippen molar-refractivity contribution >= 4 is 5.91 Å². The van der Waals surface area contributed by atoms with Gasteiger partial charge in [-0.25, -0.2) is 0 Å². The van der Waals surface area contributed by atoms with Crippen LogP contribution < -0.4 is 0 Å². The molecule has 0 aromatic rings. The molecular weight excluding hydrogens is 306 g/mol. The first kappa shape index (κ1) is 19.6. The van der Waals surface area contributed by atoms with Crippen molar-refractivity contribution in [2.45, 2.75) is 38.5 Å². The number of piperazine rings is 1. The third kappa shape index (κ3) is 7.47. The van der Waals surface area contributed by atoms with Crippen molar-refractivity contribution in [2.75, 3.05) is 72.2 Å². The number of hydrogen-bond acceptors (Lipinski definition) is 5. The second-order valence-corrected chi connectivity index (χ2v) is 6.92. The Kier molecular flexibility index (Phi) is 9.65. The molecule has 2 saturated heterocycles. The zero-order chi connectivity index (χ0) is 17.0. The maximum Gasteiger partial charge on any atom is 0.223 e. The molecule has 0 saturated carbocycles. The topological polar surface area (TPSA) is 56.3 Å². The molecule has 2 rings (SSSR count). The van der Waals surface area contributed by atoms with Gasteiger partial charge in [0.2, 0.25) is 5.91 Å². The van der Waals surface area contributed by atoms with Gasteiger partial charge in [0.15, 0.2) is 0 Å². The van der Waals surface area contributed by atoms with E-state index in [9.17, 15) is 4.79 Å². The summed E-state index contributed by atoms with van der Waals surface area (Å²) >= 11 is 0. The molecule has 2 aliphatic heterocycles. The number of hydrogen-bond donors (Lipinski definition) is 1. The molecule has 0 radical (unpaired) electrons. The zero-order valence-electron chi connectivity index (χ0n) is 15.1. The highest BCUT2D eigenvalue weighted by Gasteiger charge is 2.21. The Balaban J connectivity index is 1.58. The monoisotopic (exact) mass is 341 g/mol.